The summed E-state index contributed by atoms with van der Waals surface area (Å²) in [5, 5.41) is 6.36. The van der Waals surface area contributed by atoms with E-state index in [9.17, 15) is 18.1 Å². The van der Waals surface area contributed by atoms with Crippen LogP contribution >= 0.6 is 7.60 Å². The van der Waals surface area contributed by atoms with Crippen molar-refractivity contribution in [2.24, 2.45) is 0 Å². The predicted octanol–water partition coefficient (Wildman–Crippen LogP) is 6.04. The van der Waals surface area contributed by atoms with Gasteiger partial charge in [-0.1, -0.05) is 17.3 Å². The van der Waals surface area contributed by atoms with Crippen molar-refractivity contribution in [2.45, 2.75) is 20.0 Å². The lowest BCUT2D eigenvalue weighted by atomic mass is 10.1. The number of nitrogens with zero attached hydrogens (tertiary/aromatic N) is 1. The summed E-state index contributed by atoms with van der Waals surface area (Å²) in [6, 6.07) is 10.1. The van der Waals surface area contributed by atoms with Gasteiger partial charge in [-0.05, 0) is 55.8 Å². The van der Waals surface area contributed by atoms with Crippen LogP contribution in [0.1, 0.15) is 25.0 Å². The Kier molecular flexibility index (Phi) is 8.27. The van der Waals surface area contributed by atoms with Gasteiger partial charge in [-0.25, -0.2) is 8.78 Å². The lowest BCUT2D eigenvalue weighted by molar-refractivity contribution is -0.111. The third-order valence-corrected chi connectivity index (χ3v) is 6.50. The molecule has 0 aliphatic carbocycles. The van der Waals surface area contributed by atoms with Crippen LogP contribution in [0.15, 0.2) is 59.3 Å². The van der Waals surface area contributed by atoms with E-state index in [4.69, 9.17) is 13.6 Å². The van der Waals surface area contributed by atoms with Crippen molar-refractivity contribution in [3.05, 3.63) is 77.5 Å². The van der Waals surface area contributed by atoms with Crippen LogP contribution in [0.5, 0.6) is 0 Å². The lowest BCUT2D eigenvalue weighted by Crippen LogP contribution is -2.07. The van der Waals surface area contributed by atoms with Gasteiger partial charge in [0.2, 0.25) is 5.91 Å². The first-order chi connectivity index (χ1) is 15.8. The van der Waals surface area contributed by atoms with E-state index in [0.29, 0.717) is 16.8 Å². The maximum absolute atomic E-state index is 13.5. The second kappa shape index (κ2) is 11.1. The molecule has 0 saturated heterocycles. The Morgan fingerprint density at radius 1 is 1.09 bits per heavy atom. The van der Waals surface area contributed by atoms with E-state index < -0.39 is 25.1 Å². The van der Waals surface area contributed by atoms with Crippen molar-refractivity contribution in [2.75, 3.05) is 18.5 Å². The molecule has 0 radical (unpaired) electrons. The number of carbonyl (C=O) groups excluding carboxylic acids is 1. The number of aromatic nitrogens is 1. The molecule has 0 spiro atoms. The molecule has 0 aliphatic rings. The van der Waals surface area contributed by atoms with Crippen molar-refractivity contribution < 1.29 is 31.7 Å². The van der Waals surface area contributed by atoms with Gasteiger partial charge in [0, 0.05) is 22.9 Å². The number of hydrogen-bond acceptors (Lipinski definition) is 6. The minimum atomic E-state index is -3.22. The summed E-state index contributed by atoms with van der Waals surface area (Å²) in [4.78, 5) is 12.3. The molecule has 10 heteroatoms. The third kappa shape index (κ3) is 6.68. The molecule has 7 nitrogen and oxygen atoms in total. The van der Waals surface area contributed by atoms with E-state index in [-0.39, 0.29) is 25.1 Å². The maximum Gasteiger partial charge on any atom is 0.335 e. The Labute approximate surface area is 189 Å². The molecule has 0 atom stereocenters. The van der Waals surface area contributed by atoms with Gasteiger partial charge in [0.15, 0.2) is 17.4 Å². The van der Waals surface area contributed by atoms with E-state index in [0.717, 1.165) is 17.7 Å². The molecule has 1 N–H and O–H groups in total. The molecular formula is C23H23F2N2O5P. The van der Waals surface area contributed by atoms with Gasteiger partial charge in [0.05, 0.1) is 25.6 Å². The molecule has 174 valence electrons. The normalized spacial score (nSPS) is 11.8. The van der Waals surface area contributed by atoms with Crippen molar-refractivity contribution >= 4 is 25.3 Å². The summed E-state index contributed by atoms with van der Waals surface area (Å²) in [6.07, 6.45) is 4.21. The fraction of sp³-hybridized carbons (Fsp3) is 0.217. The number of amides is 1. The summed E-state index contributed by atoms with van der Waals surface area (Å²) >= 11 is 0. The van der Waals surface area contributed by atoms with Crippen LogP contribution in [-0.4, -0.2) is 24.3 Å². The molecule has 3 aromatic rings. The SMILES string of the molecule is CCOP(=O)(Cc1ccc(NC(=O)/C=C/c2cnoc2-c2ccc(F)c(F)c2)cc1)OCC. The van der Waals surface area contributed by atoms with Gasteiger partial charge in [-0.3, -0.25) is 9.36 Å². The smallest absolute Gasteiger partial charge is 0.335 e. The van der Waals surface area contributed by atoms with E-state index >= 15 is 0 Å². The van der Waals surface area contributed by atoms with Crippen LogP contribution in [0.2, 0.25) is 0 Å². The summed E-state index contributed by atoms with van der Waals surface area (Å²) in [6.45, 7) is 4.06. The summed E-state index contributed by atoms with van der Waals surface area (Å²) < 4.78 is 55.0. The standard InChI is InChI=1S/C23H23F2N2O5P/c1-3-30-33(29,31-4-2)15-16-5-9-19(10-6-16)27-22(28)12-8-18-14-26-32-23(18)17-7-11-20(24)21(25)13-17/h5-14H,3-4,15H2,1-2H3,(H,27,28)/b12-8+. The average Bonchev–Trinajstić information content (AvgIpc) is 3.24. The molecule has 1 aromatic heterocycles. The molecule has 2 aromatic carbocycles. The van der Waals surface area contributed by atoms with Crippen molar-refractivity contribution in [1.29, 1.82) is 0 Å². The number of benzene rings is 2. The topological polar surface area (TPSA) is 90.7 Å². The average molecular weight is 476 g/mol. The summed E-state index contributed by atoms with van der Waals surface area (Å²) in [5.74, 6) is -2.21. The van der Waals surface area contributed by atoms with Gasteiger partial charge < -0.3 is 18.9 Å². The lowest BCUT2D eigenvalue weighted by Gasteiger charge is -2.17. The molecule has 0 bridgehead atoms. The second-order valence-corrected chi connectivity index (χ2v) is 8.92. The predicted molar refractivity (Wildman–Crippen MR) is 121 cm³/mol. The number of halogens is 2. The van der Waals surface area contributed by atoms with Gasteiger partial charge in [-0.15, -0.1) is 0 Å². The maximum atomic E-state index is 13.5. The third-order valence-electron chi connectivity index (χ3n) is 4.44. The number of nitrogens with one attached hydrogen (secondary N) is 1. The van der Waals surface area contributed by atoms with E-state index in [1.54, 1.807) is 38.1 Å². The van der Waals surface area contributed by atoms with Crippen LogP contribution < -0.4 is 5.32 Å². The van der Waals surface area contributed by atoms with Crippen molar-refractivity contribution in [1.82, 2.24) is 5.16 Å². The molecule has 3 rings (SSSR count). The first-order valence-corrected chi connectivity index (χ1v) is 11.9. The molecule has 1 amide bonds. The fourth-order valence-corrected chi connectivity index (χ4v) is 4.71. The van der Waals surface area contributed by atoms with Crippen LogP contribution in [0.3, 0.4) is 0 Å². The Morgan fingerprint density at radius 2 is 1.79 bits per heavy atom. The minimum Gasteiger partial charge on any atom is -0.356 e. The Hall–Kier alpha value is -3.13. The number of rotatable bonds is 10. The van der Waals surface area contributed by atoms with Crippen LogP contribution in [0.4, 0.5) is 14.5 Å². The fourth-order valence-electron chi connectivity index (χ4n) is 3.01. The second-order valence-electron chi connectivity index (χ2n) is 6.86. The zero-order valence-corrected chi connectivity index (χ0v) is 19.0. The van der Waals surface area contributed by atoms with E-state index in [1.165, 1.54) is 24.4 Å². The molecule has 1 heterocycles. The minimum absolute atomic E-state index is 0.128. The monoisotopic (exact) mass is 476 g/mol. The number of hydrogen-bond donors (Lipinski definition) is 1. The first kappa shape index (κ1) is 24.5. The van der Waals surface area contributed by atoms with E-state index in [2.05, 4.69) is 10.5 Å². The molecule has 0 saturated carbocycles. The summed E-state index contributed by atoms with van der Waals surface area (Å²) in [7, 11) is -3.22. The summed E-state index contributed by atoms with van der Waals surface area (Å²) in [5.41, 5.74) is 1.99. The van der Waals surface area contributed by atoms with Gasteiger partial charge in [0.25, 0.3) is 0 Å². The quantitative estimate of drug-likeness (QED) is 0.284. The molecule has 0 aliphatic heterocycles. The Morgan fingerprint density at radius 3 is 2.42 bits per heavy atom. The van der Waals surface area contributed by atoms with Gasteiger partial charge in [-0.2, -0.15) is 0 Å². The Bertz CT molecular complexity index is 1170. The first-order valence-electron chi connectivity index (χ1n) is 10.2. The number of anilines is 1. The van der Waals surface area contributed by atoms with Crippen LogP contribution in [-0.2, 0) is 24.6 Å². The van der Waals surface area contributed by atoms with Crippen LogP contribution in [0.25, 0.3) is 17.4 Å². The number of carbonyl (C=O) groups is 1. The van der Waals surface area contributed by atoms with E-state index in [1.807, 2.05) is 0 Å². The highest BCUT2D eigenvalue weighted by atomic mass is 31.2. The Balaban J connectivity index is 1.64. The van der Waals surface area contributed by atoms with Gasteiger partial charge in [0.1, 0.15) is 0 Å². The molecule has 0 fully saturated rings. The zero-order chi connectivity index (χ0) is 23.8. The highest BCUT2D eigenvalue weighted by molar-refractivity contribution is 7.53. The molecule has 33 heavy (non-hydrogen) atoms. The highest BCUT2D eigenvalue weighted by Crippen LogP contribution is 2.51. The highest BCUT2D eigenvalue weighted by Gasteiger charge is 2.23. The van der Waals surface area contributed by atoms with Crippen LogP contribution in [0, 0.1) is 11.6 Å². The van der Waals surface area contributed by atoms with Gasteiger partial charge >= 0.3 is 7.60 Å². The largest absolute Gasteiger partial charge is 0.356 e. The van der Waals surface area contributed by atoms with Crippen molar-refractivity contribution in [3.8, 4) is 11.3 Å². The zero-order valence-electron chi connectivity index (χ0n) is 18.1. The van der Waals surface area contributed by atoms with Crippen molar-refractivity contribution in [3.63, 3.8) is 0 Å². The molecule has 0 unspecified atom stereocenters. The molecular weight excluding hydrogens is 453 g/mol.